The van der Waals surface area contributed by atoms with Crippen molar-refractivity contribution < 1.29 is 17.4 Å². The maximum atomic E-state index is 11.7. The number of piperidine rings is 1. The van der Waals surface area contributed by atoms with E-state index in [0.29, 0.717) is 18.5 Å². The van der Waals surface area contributed by atoms with E-state index in [1.54, 1.807) is 0 Å². The number of carbonyl (C=O) groups is 1. The highest BCUT2D eigenvalue weighted by molar-refractivity contribution is 7.87. The van der Waals surface area contributed by atoms with Gasteiger partial charge in [-0.15, -0.1) is 0 Å². The molecule has 2 aromatic rings. The first-order valence-corrected chi connectivity index (χ1v) is 10.4. The van der Waals surface area contributed by atoms with E-state index in [9.17, 15) is 18.5 Å². The molecule has 1 aliphatic rings. The van der Waals surface area contributed by atoms with Crippen molar-refractivity contribution in [3.05, 3.63) is 42.0 Å². The summed E-state index contributed by atoms with van der Waals surface area (Å²) in [6.45, 7) is 1.58. The van der Waals surface area contributed by atoms with Gasteiger partial charge in [-0.1, -0.05) is 24.3 Å². The summed E-state index contributed by atoms with van der Waals surface area (Å²) in [4.78, 5) is 12.9. The summed E-state index contributed by atoms with van der Waals surface area (Å²) in [6.07, 6.45) is 0.955. The summed E-state index contributed by atoms with van der Waals surface area (Å²) in [5.41, 5.74) is 6.47. The summed E-state index contributed by atoms with van der Waals surface area (Å²) >= 11 is 0. The van der Waals surface area contributed by atoms with Gasteiger partial charge in [0.1, 0.15) is 0 Å². The molecule has 0 spiro atoms. The van der Waals surface area contributed by atoms with Crippen molar-refractivity contribution in [1.82, 2.24) is 0 Å². The number of fused-ring (bicyclic) bond motifs is 1. The number of anilines is 1. The van der Waals surface area contributed by atoms with Gasteiger partial charge in [0.15, 0.2) is 0 Å². The SMILES string of the molecule is N#Cc1ccc(N2CCCC(CCS(=O)(=O)OC(N)=O)C2)c2ccccc12. The molecule has 1 saturated heterocycles. The molecule has 7 nitrogen and oxygen atoms in total. The van der Waals surface area contributed by atoms with Crippen LogP contribution in [0, 0.1) is 17.2 Å². The quantitative estimate of drug-likeness (QED) is 0.789. The smallest absolute Gasteiger partial charge is 0.371 e. The first kappa shape index (κ1) is 19.0. The summed E-state index contributed by atoms with van der Waals surface area (Å²) < 4.78 is 27.6. The molecule has 0 aliphatic carbocycles. The van der Waals surface area contributed by atoms with E-state index >= 15 is 0 Å². The minimum absolute atomic E-state index is 0.166. The summed E-state index contributed by atoms with van der Waals surface area (Å²) in [7, 11) is -3.94. The van der Waals surface area contributed by atoms with Crippen molar-refractivity contribution in [2.45, 2.75) is 19.3 Å². The van der Waals surface area contributed by atoms with Crippen LogP contribution in [0.1, 0.15) is 24.8 Å². The van der Waals surface area contributed by atoms with Gasteiger partial charge in [0, 0.05) is 29.5 Å². The molecule has 142 valence electrons. The lowest BCUT2D eigenvalue weighted by Crippen LogP contribution is -2.36. The summed E-state index contributed by atoms with van der Waals surface area (Å²) in [5, 5.41) is 11.3. The molecule has 1 aliphatic heterocycles. The highest BCUT2D eigenvalue weighted by Crippen LogP contribution is 2.32. The molecular formula is C19H21N3O4S. The number of carbonyl (C=O) groups excluding carboxylic acids is 1. The predicted molar refractivity (Wildman–Crippen MR) is 103 cm³/mol. The van der Waals surface area contributed by atoms with Crippen molar-refractivity contribution in [3.63, 3.8) is 0 Å². The number of rotatable bonds is 5. The Hall–Kier alpha value is -2.79. The second-order valence-corrected chi connectivity index (χ2v) is 8.39. The number of hydrogen-bond donors (Lipinski definition) is 1. The lowest BCUT2D eigenvalue weighted by atomic mass is 9.94. The molecule has 2 aromatic carbocycles. The van der Waals surface area contributed by atoms with Crippen LogP contribution >= 0.6 is 0 Å². The molecule has 1 heterocycles. The average Bonchev–Trinajstić information content (AvgIpc) is 2.65. The average molecular weight is 387 g/mol. The van der Waals surface area contributed by atoms with Crippen molar-refractivity contribution >= 4 is 32.7 Å². The maximum absolute atomic E-state index is 11.7. The largest absolute Gasteiger partial charge is 0.420 e. The Bertz CT molecular complexity index is 998. The predicted octanol–water partition coefficient (Wildman–Crippen LogP) is 2.74. The number of nitriles is 1. The Kier molecular flexibility index (Phi) is 5.51. The molecule has 0 saturated carbocycles. The molecule has 1 unspecified atom stereocenters. The van der Waals surface area contributed by atoms with Crippen LogP contribution in [-0.4, -0.2) is 33.4 Å². The van der Waals surface area contributed by atoms with Crippen molar-refractivity contribution in [2.75, 3.05) is 23.7 Å². The highest BCUT2D eigenvalue weighted by atomic mass is 32.2. The molecule has 1 fully saturated rings. The van der Waals surface area contributed by atoms with Crippen LogP contribution in [0.2, 0.25) is 0 Å². The zero-order valence-corrected chi connectivity index (χ0v) is 15.6. The van der Waals surface area contributed by atoms with Gasteiger partial charge in [-0.25, -0.2) is 4.79 Å². The zero-order valence-electron chi connectivity index (χ0n) is 14.8. The van der Waals surface area contributed by atoms with Gasteiger partial charge in [-0.3, -0.25) is 0 Å². The minimum atomic E-state index is -3.94. The lowest BCUT2D eigenvalue weighted by molar-refractivity contribution is 0.212. The summed E-state index contributed by atoms with van der Waals surface area (Å²) in [6, 6.07) is 13.8. The van der Waals surface area contributed by atoms with E-state index in [1.807, 2.05) is 36.4 Å². The van der Waals surface area contributed by atoms with Gasteiger partial charge in [-0.05, 0) is 37.3 Å². The van der Waals surface area contributed by atoms with Crippen LogP contribution in [0.4, 0.5) is 10.5 Å². The minimum Gasteiger partial charge on any atom is -0.371 e. The number of hydrogen-bond acceptors (Lipinski definition) is 6. The fourth-order valence-electron chi connectivity index (χ4n) is 3.65. The fraction of sp³-hybridized carbons (Fsp3) is 0.368. The Labute approximate surface area is 158 Å². The lowest BCUT2D eigenvalue weighted by Gasteiger charge is -2.35. The summed E-state index contributed by atoms with van der Waals surface area (Å²) in [5.74, 6) is -0.0674. The number of nitrogens with two attached hydrogens (primary N) is 1. The van der Waals surface area contributed by atoms with E-state index in [0.717, 1.165) is 35.8 Å². The monoisotopic (exact) mass is 387 g/mol. The third kappa shape index (κ3) is 4.49. The first-order chi connectivity index (χ1) is 12.9. The number of amides is 1. The molecule has 1 amide bonds. The Morgan fingerprint density at radius 3 is 2.70 bits per heavy atom. The van der Waals surface area contributed by atoms with Gasteiger partial charge in [0.25, 0.3) is 0 Å². The van der Waals surface area contributed by atoms with Crippen LogP contribution in [0.15, 0.2) is 36.4 Å². The third-order valence-electron chi connectivity index (χ3n) is 4.87. The second kappa shape index (κ2) is 7.84. The standard InChI is InChI=1S/C19H21N3O4S/c20-12-15-7-8-18(17-6-2-1-5-16(15)17)22-10-3-4-14(13-22)9-11-27(24,25)26-19(21)23/h1-2,5-8,14H,3-4,9-11,13H2,(H2,21,23). The molecule has 3 rings (SSSR count). The molecule has 0 aromatic heterocycles. The number of primary amides is 1. The van der Waals surface area contributed by atoms with E-state index in [-0.39, 0.29) is 11.7 Å². The topological polar surface area (TPSA) is 113 Å². The molecular weight excluding hydrogens is 366 g/mol. The third-order valence-corrected chi connectivity index (χ3v) is 6.02. The van der Waals surface area contributed by atoms with E-state index < -0.39 is 16.2 Å². The van der Waals surface area contributed by atoms with Gasteiger partial charge in [0.2, 0.25) is 0 Å². The van der Waals surface area contributed by atoms with Crippen LogP contribution in [0.5, 0.6) is 0 Å². The second-order valence-electron chi connectivity index (χ2n) is 6.70. The van der Waals surface area contributed by atoms with Crippen LogP contribution < -0.4 is 10.6 Å². The normalized spacial score (nSPS) is 17.4. The van der Waals surface area contributed by atoms with Gasteiger partial charge in [0.05, 0.1) is 17.4 Å². The van der Waals surface area contributed by atoms with E-state index in [4.69, 9.17) is 5.73 Å². The molecule has 2 N–H and O–H groups in total. The number of nitrogens with zero attached hydrogens (tertiary/aromatic N) is 2. The van der Waals surface area contributed by atoms with Gasteiger partial charge >= 0.3 is 16.2 Å². The Morgan fingerprint density at radius 2 is 2.00 bits per heavy atom. The van der Waals surface area contributed by atoms with Gasteiger partial charge in [-0.2, -0.15) is 13.7 Å². The Balaban J connectivity index is 1.77. The van der Waals surface area contributed by atoms with Crippen LogP contribution in [0.25, 0.3) is 10.8 Å². The van der Waals surface area contributed by atoms with Crippen molar-refractivity contribution in [3.8, 4) is 6.07 Å². The van der Waals surface area contributed by atoms with Crippen molar-refractivity contribution in [1.29, 1.82) is 5.26 Å². The number of benzene rings is 2. The van der Waals surface area contributed by atoms with E-state index in [1.165, 1.54) is 0 Å². The molecule has 0 radical (unpaired) electrons. The molecule has 0 bridgehead atoms. The van der Waals surface area contributed by atoms with Crippen molar-refractivity contribution in [2.24, 2.45) is 11.7 Å². The molecule has 1 atom stereocenters. The van der Waals surface area contributed by atoms with E-state index in [2.05, 4.69) is 15.2 Å². The fourth-order valence-corrected chi connectivity index (χ4v) is 4.61. The maximum Gasteiger partial charge on any atom is 0.420 e. The zero-order chi connectivity index (χ0) is 19.4. The van der Waals surface area contributed by atoms with Gasteiger partial charge < -0.3 is 14.8 Å². The highest BCUT2D eigenvalue weighted by Gasteiger charge is 2.24. The first-order valence-electron chi connectivity index (χ1n) is 8.78. The van der Waals surface area contributed by atoms with Crippen LogP contribution in [-0.2, 0) is 14.3 Å². The van der Waals surface area contributed by atoms with Crippen LogP contribution in [0.3, 0.4) is 0 Å². The molecule has 27 heavy (non-hydrogen) atoms. The Morgan fingerprint density at radius 1 is 1.26 bits per heavy atom. The molecule has 8 heteroatoms.